The van der Waals surface area contributed by atoms with E-state index in [1.807, 2.05) is 24.0 Å². The SMILES string of the molecule is CCC(=O)N1CCCC(C(=O)Nc2ccc(N3CCC(C)CC3)cc2)C1. The molecule has 2 heterocycles. The Morgan fingerprint density at radius 2 is 1.77 bits per heavy atom. The molecule has 3 rings (SSSR count). The second-order valence-electron chi connectivity index (χ2n) is 7.74. The van der Waals surface area contributed by atoms with E-state index in [4.69, 9.17) is 0 Å². The van der Waals surface area contributed by atoms with Crippen LogP contribution in [0.5, 0.6) is 0 Å². The van der Waals surface area contributed by atoms with Crippen LogP contribution in [0.4, 0.5) is 11.4 Å². The van der Waals surface area contributed by atoms with Crippen LogP contribution >= 0.6 is 0 Å². The molecule has 2 saturated heterocycles. The van der Waals surface area contributed by atoms with Gasteiger partial charge >= 0.3 is 0 Å². The Labute approximate surface area is 156 Å². The maximum atomic E-state index is 12.6. The first-order valence-corrected chi connectivity index (χ1v) is 10.0. The standard InChI is InChI=1S/C21H31N3O2/c1-3-20(25)24-12-4-5-17(15-24)21(26)22-18-6-8-19(9-7-18)23-13-10-16(2)11-14-23/h6-9,16-17H,3-5,10-15H2,1-2H3,(H,22,26). The van der Waals surface area contributed by atoms with Crippen molar-refractivity contribution in [2.45, 2.75) is 46.0 Å². The summed E-state index contributed by atoms with van der Waals surface area (Å²) in [6.45, 7) is 7.72. The summed E-state index contributed by atoms with van der Waals surface area (Å²) in [6, 6.07) is 8.17. The molecular formula is C21H31N3O2. The fourth-order valence-corrected chi connectivity index (χ4v) is 3.91. The van der Waals surface area contributed by atoms with E-state index < -0.39 is 0 Å². The van der Waals surface area contributed by atoms with Crippen LogP contribution in [0.15, 0.2) is 24.3 Å². The topological polar surface area (TPSA) is 52.7 Å². The number of hydrogen-bond acceptors (Lipinski definition) is 3. The summed E-state index contributed by atoms with van der Waals surface area (Å²) in [5, 5.41) is 3.03. The molecule has 2 fully saturated rings. The molecule has 2 aliphatic heterocycles. The summed E-state index contributed by atoms with van der Waals surface area (Å²) in [4.78, 5) is 28.7. The summed E-state index contributed by atoms with van der Waals surface area (Å²) in [5.74, 6) is 0.878. The van der Waals surface area contributed by atoms with E-state index in [0.29, 0.717) is 13.0 Å². The first-order valence-electron chi connectivity index (χ1n) is 10.0. The molecule has 1 N–H and O–H groups in total. The Kier molecular flexibility index (Phi) is 6.17. The minimum Gasteiger partial charge on any atom is -0.372 e. The average Bonchev–Trinajstić information content (AvgIpc) is 2.68. The molecule has 2 aliphatic rings. The Balaban J connectivity index is 1.55. The predicted octanol–water partition coefficient (Wildman–Crippen LogP) is 3.51. The zero-order chi connectivity index (χ0) is 18.5. The molecule has 26 heavy (non-hydrogen) atoms. The highest BCUT2D eigenvalue weighted by Gasteiger charge is 2.27. The average molecular weight is 357 g/mol. The zero-order valence-corrected chi connectivity index (χ0v) is 16.0. The lowest BCUT2D eigenvalue weighted by Crippen LogP contribution is -2.43. The van der Waals surface area contributed by atoms with Gasteiger partial charge in [0.15, 0.2) is 0 Å². The van der Waals surface area contributed by atoms with Gasteiger partial charge in [-0.15, -0.1) is 0 Å². The molecule has 1 atom stereocenters. The van der Waals surface area contributed by atoms with Crippen molar-refractivity contribution in [2.24, 2.45) is 11.8 Å². The minimum absolute atomic E-state index is 0.0261. The Morgan fingerprint density at radius 3 is 2.42 bits per heavy atom. The highest BCUT2D eigenvalue weighted by atomic mass is 16.2. The highest BCUT2D eigenvalue weighted by molar-refractivity contribution is 5.93. The molecule has 1 unspecified atom stereocenters. The van der Waals surface area contributed by atoms with Gasteiger partial charge in [0, 0.05) is 44.0 Å². The molecule has 0 aromatic heterocycles. The number of piperidine rings is 2. The van der Waals surface area contributed by atoms with Crippen molar-refractivity contribution in [3.8, 4) is 0 Å². The van der Waals surface area contributed by atoms with Gasteiger partial charge < -0.3 is 15.1 Å². The van der Waals surface area contributed by atoms with Crippen LogP contribution < -0.4 is 10.2 Å². The van der Waals surface area contributed by atoms with Crippen molar-refractivity contribution < 1.29 is 9.59 Å². The van der Waals surface area contributed by atoms with E-state index in [1.54, 1.807) is 0 Å². The number of rotatable bonds is 4. The number of nitrogens with zero attached hydrogens (tertiary/aromatic N) is 2. The molecule has 0 saturated carbocycles. The summed E-state index contributed by atoms with van der Waals surface area (Å²) in [7, 11) is 0. The van der Waals surface area contributed by atoms with E-state index in [-0.39, 0.29) is 17.7 Å². The maximum absolute atomic E-state index is 12.6. The van der Waals surface area contributed by atoms with Crippen molar-refractivity contribution in [1.29, 1.82) is 0 Å². The van der Waals surface area contributed by atoms with Crippen LogP contribution in [0.2, 0.25) is 0 Å². The van der Waals surface area contributed by atoms with Crippen molar-refractivity contribution in [3.63, 3.8) is 0 Å². The molecule has 0 aliphatic carbocycles. The van der Waals surface area contributed by atoms with Gasteiger partial charge in [-0.3, -0.25) is 9.59 Å². The summed E-state index contributed by atoms with van der Waals surface area (Å²) in [5.41, 5.74) is 2.07. The van der Waals surface area contributed by atoms with Gasteiger partial charge in [-0.05, 0) is 55.9 Å². The molecule has 0 spiro atoms. The lowest BCUT2D eigenvalue weighted by Gasteiger charge is -2.32. The van der Waals surface area contributed by atoms with Crippen LogP contribution in [0.3, 0.4) is 0 Å². The van der Waals surface area contributed by atoms with E-state index in [9.17, 15) is 9.59 Å². The van der Waals surface area contributed by atoms with Crippen molar-refractivity contribution in [2.75, 3.05) is 36.4 Å². The third-order valence-corrected chi connectivity index (χ3v) is 5.73. The van der Waals surface area contributed by atoms with E-state index in [1.165, 1.54) is 18.5 Å². The summed E-state index contributed by atoms with van der Waals surface area (Å²) >= 11 is 0. The van der Waals surface area contributed by atoms with Crippen LogP contribution in [-0.4, -0.2) is 42.9 Å². The summed E-state index contributed by atoms with van der Waals surface area (Å²) in [6.07, 6.45) is 4.74. The Morgan fingerprint density at radius 1 is 1.08 bits per heavy atom. The fraction of sp³-hybridized carbons (Fsp3) is 0.619. The Bertz CT molecular complexity index is 621. The molecule has 142 valence electrons. The molecule has 5 nitrogen and oxygen atoms in total. The quantitative estimate of drug-likeness (QED) is 0.897. The number of hydrogen-bond donors (Lipinski definition) is 1. The maximum Gasteiger partial charge on any atom is 0.229 e. The molecular weight excluding hydrogens is 326 g/mol. The van der Waals surface area contributed by atoms with Crippen LogP contribution in [0.25, 0.3) is 0 Å². The van der Waals surface area contributed by atoms with Gasteiger partial charge in [0.2, 0.25) is 11.8 Å². The molecule has 5 heteroatoms. The number of nitrogens with one attached hydrogen (secondary N) is 1. The number of likely N-dealkylation sites (tertiary alicyclic amines) is 1. The first-order chi connectivity index (χ1) is 12.6. The number of anilines is 2. The first kappa shape index (κ1) is 18.7. The molecule has 0 radical (unpaired) electrons. The third-order valence-electron chi connectivity index (χ3n) is 5.73. The number of carbonyl (C=O) groups is 2. The van der Waals surface area contributed by atoms with Gasteiger partial charge in [-0.25, -0.2) is 0 Å². The number of amides is 2. The lowest BCUT2D eigenvalue weighted by atomic mass is 9.96. The molecule has 1 aromatic rings. The van der Waals surface area contributed by atoms with Crippen molar-refractivity contribution in [1.82, 2.24) is 4.90 Å². The lowest BCUT2D eigenvalue weighted by molar-refractivity contribution is -0.134. The number of benzene rings is 1. The molecule has 1 aromatic carbocycles. The van der Waals surface area contributed by atoms with E-state index >= 15 is 0 Å². The second kappa shape index (κ2) is 8.56. The minimum atomic E-state index is -0.109. The monoisotopic (exact) mass is 357 g/mol. The molecule has 0 bridgehead atoms. The zero-order valence-electron chi connectivity index (χ0n) is 16.0. The predicted molar refractivity (Wildman–Crippen MR) is 105 cm³/mol. The van der Waals surface area contributed by atoms with Crippen LogP contribution in [0, 0.1) is 11.8 Å². The van der Waals surface area contributed by atoms with E-state index in [0.717, 1.165) is 44.1 Å². The Hall–Kier alpha value is -2.04. The molecule has 2 amide bonds. The number of carbonyl (C=O) groups excluding carboxylic acids is 2. The highest BCUT2D eigenvalue weighted by Crippen LogP contribution is 2.25. The largest absolute Gasteiger partial charge is 0.372 e. The van der Waals surface area contributed by atoms with E-state index in [2.05, 4.69) is 29.3 Å². The summed E-state index contributed by atoms with van der Waals surface area (Å²) < 4.78 is 0. The van der Waals surface area contributed by atoms with Crippen molar-refractivity contribution >= 4 is 23.2 Å². The van der Waals surface area contributed by atoms with Gasteiger partial charge in [0.05, 0.1) is 5.92 Å². The van der Waals surface area contributed by atoms with Crippen LogP contribution in [-0.2, 0) is 9.59 Å². The van der Waals surface area contributed by atoms with Gasteiger partial charge in [-0.1, -0.05) is 13.8 Å². The third kappa shape index (κ3) is 4.57. The second-order valence-corrected chi connectivity index (χ2v) is 7.74. The smallest absolute Gasteiger partial charge is 0.229 e. The van der Waals surface area contributed by atoms with Gasteiger partial charge in [-0.2, -0.15) is 0 Å². The van der Waals surface area contributed by atoms with Gasteiger partial charge in [0.1, 0.15) is 0 Å². The fourth-order valence-electron chi connectivity index (χ4n) is 3.91. The normalized spacial score (nSPS) is 21.5. The van der Waals surface area contributed by atoms with Crippen LogP contribution in [0.1, 0.15) is 46.0 Å². The van der Waals surface area contributed by atoms with Gasteiger partial charge in [0.25, 0.3) is 0 Å². The van der Waals surface area contributed by atoms with Crippen molar-refractivity contribution in [3.05, 3.63) is 24.3 Å².